The summed E-state index contributed by atoms with van der Waals surface area (Å²) in [5.41, 5.74) is -0.0677. The highest BCUT2D eigenvalue weighted by Gasteiger charge is 2.11. The number of halogens is 1. The van der Waals surface area contributed by atoms with Crippen LogP contribution in [0.2, 0.25) is 0 Å². The number of methoxy groups -OCH3 is 1. The van der Waals surface area contributed by atoms with Gasteiger partial charge in [-0.05, 0) is 30.3 Å². The Balaban J connectivity index is 2.31. The Morgan fingerprint density at radius 3 is 2.58 bits per heavy atom. The van der Waals surface area contributed by atoms with Gasteiger partial charge in [-0.1, -0.05) is 23.9 Å². The molecule has 0 fully saturated rings. The summed E-state index contributed by atoms with van der Waals surface area (Å²) in [5.74, 6) is -1.06. The second-order valence-electron chi connectivity index (χ2n) is 3.70. The zero-order valence-corrected chi connectivity index (χ0v) is 10.9. The van der Waals surface area contributed by atoms with E-state index in [1.807, 2.05) is 18.2 Å². The lowest BCUT2D eigenvalue weighted by atomic mass is 10.2. The van der Waals surface area contributed by atoms with Crippen molar-refractivity contribution in [3.63, 3.8) is 0 Å². The van der Waals surface area contributed by atoms with Crippen LogP contribution in [0, 0.1) is 5.82 Å². The maximum atomic E-state index is 13.8. The molecule has 1 N–H and O–H groups in total. The molecule has 0 bridgehead atoms. The van der Waals surface area contributed by atoms with Gasteiger partial charge in [-0.15, -0.1) is 0 Å². The Morgan fingerprint density at radius 1 is 1.21 bits per heavy atom. The molecule has 0 aliphatic rings. The van der Waals surface area contributed by atoms with E-state index in [2.05, 4.69) is 0 Å². The molecule has 0 spiro atoms. The molecule has 0 unspecified atom stereocenters. The number of carbonyl (C=O) groups is 1. The Kier molecular flexibility index (Phi) is 4.06. The monoisotopic (exact) mass is 278 g/mol. The first-order valence-corrected chi connectivity index (χ1v) is 6.27. The van der Waals surface area contributed by atoms with Gasteiger partial charge in [-0.2, -0.15) is 0 Å². The number of rotatable bonds is 4. The molecule has 3 nitrogen and oxygen atoms in total. The molecule has 0 aliphatic heterocycles. The number of para-hydroxylation sites is 1. The zero-order chi connectivity index (χ0) is 13.8. The van der Waals surface area contributed by atoms with Crippen molar-refractivity contribution in [3.8, 4) is 5.75 Å². The fourth-order valence-corrected chi connectivity index (χ4v) is 2.47. The first kappa shape index (κ1) is 13.4. The minimum Gasteiger partial charge on any atom is -0.496 e. The van der Waals surface area contributed by atoms with Crippen LogP contribution < -0.4 is 4.74 Å². The van der Waals surface area contributed by atoms with Crippen LogP contribution in [0.4, 0.5) is 4.39 Å². The van der Waals surface area contributed by atoms with Crippen molar-refractivity contribution in [3.05, 3.63) is 53.8 Å². The molecule has 0 saturated heterocycles. The van der Waals surface area contributed by atoms with Crippen LogP contribution in [-0.4, -0.2) is 18.2 Å². The van der Waals surface area contributed by atoms with Crippen LogP contribution in [0.25, 0.3) is 0 Å². The van der Waals surface area contributed by atoms with E-state index in [0.717, 1.165) is 11.0 Å². The molecule has 0 amide bonds. The SMILES string of the molecule is COc1ccccc1Sc1ccc(C(=O)O)cc1F. The smallest absolute Gasteiger partial charge is 0.335 e. The van der Waals surface area contributed by atoms with Crippen molar-refractivity contribution < 1.29 is 19.0 Å². The standard InChI is InChI=1S/C14H11FO3S/c1-18-11-4-2-3-5-13(11)19-12-7-6-9(14(16)17)8-10(12)15/h2-8H,1H3,(H,16,17). The number of hydrogen-bond acceptors (Lipinski definition) is 3. The molecule has 0 atom stereocenters. The van der Waals surface area contributed by atoms with Crippen molar-refractivity contribution in [2.75, 3.05) is 7.11 Å². The molecule has 19 heavy (non-hydrogen) atoms. The minimum absolute atomic E-state index is 0.0677. The minimum atomic E-state index is -1.15. The molecule has 0 saturated carbocycles. The van der Waals surface area contributed by atoms with E-state index in [1.165, 1.54) is 23.9 Å². The maximum absolute atomic E-state index is 13.8. The van der Waals surface area contributed by atoms with Crippen LogP contribution in [0.3, 0.4) is 0 Å². The first-order chi connectivity index (χ1) is 9.11. The maximum Gasteiger partial charge on any atom is 0.335 e. The number of carboxylic acid groups (broad SMARTS) is 1. The second-order valence-corrected chi connectivity index (χ2v) is 4.79. The van der Waals surface area contributed by atoms with Crippen molar-refractivity contribution in [1.29, 1.82) is 0 Å². The fraction of sp³-hybridized carbons (Fsp3) is 0.0714. The summed E-state index contributed by atoms with van der Waals surface area (Å²) in [6.45, 7) is 0. The molecular formula is C14H11FO3S. The molecule has 0 radical (unpaired) electrons. The third-order valence-corrected chi connectivity index (χ3v) is 3.58. The summed E-state index contributed by atoms with van der Waals surface area (Å²) in [6, 6.07) is 11.1. The van der Waals surface area contributed by atoms with Crippen molar-refractivity contribution in [1.82, 2.24) is 0 Å². The van der Waals surface area contributed by atoms with Gasteiger partial charge in [0.1, 0.15) is 11.6 Å². The van der Waals surface area contributed by atoms with E-state index in [-0.39, 0.29) is 5.56 Å². The van der Waals surface area contributed by atoms with Crippen molar-refractivity contribution in [2.24, 2.45) is 0 Å². The Bertz CT molecular complexity index is 613. The Hall–Kier alpha value is -2.01. The molecular weight excluding hydrogens is 267 g/mol. The average Bonchev–Trinajstić information content (AvgIpc) is 2.41. The molecule has 2 rings (SSSR count). The molecule has 0 heterocycles. The highest BCUT2D eigenvalue weighted by molar-refractivity contribution is 7.99. The summed E-state index contributed by atoms with van der Waals surface area (Å²) >= 11 is 1.19. The summed E-state index contributed by atoms with van der Waals surface area (Å²) in [6.07, 6.45) is 0. The predicted octanol–water partition coefficient (Wildman–Crippen LogP) is 3.68. The Labute approximate surface area is 114 Å². The van der Waals surface area contributed by atoms with Crippen LogP contribution in [0.1, 0.15) is 10.4 Å². The van der Waals surface area contributed by atoms with Gasteiger partial charge in [0, 0.05) is 4.90 Å². The average molecular weight is 278 g/mol. The number of aromatic carboxylic acids is 1. The Morgan fingerprint density at radius 2 is 1.95 bits per heavy atom. The van der Waals surface area contributed by atoms with Gasteiger partial charge < -0.3 is 9.84 Å². The topological polar surface area (TPSA) is 46.5 Å². The van der Waals surface area contributed by atoms with Gasteiger partial charge in [0.15, 0.2) is 0 Å². The number of carboxylic acids is 1. The lowest BCUT2D eigenvalue weighted by Gasteiger charge is -2.08. The van der Waals surface area contributed by atoms with Gasteiger partial charge in [0.05, 0.1) is 17.6 Å². The number of benzene rings is 2. The lowest BCUT2D eigenvalue weighted by Crippen LogP contribution is -1.97. The van der Waals surface area contributed by atoms with Gasteiger partial charge in [-0.3, -0.25) is 0 Å². The molecule has 5 heteroatoms. The number of ether oxygens (including phenoxy) is 1. The molecule has 98 valence electrons. The van der Waals surface area contributed by atoms with Crippen LogP contribution in [-0.2, 0) is 0 Å². The van der Waals surface area contributed by atoms with Crippen molar-refractivity contribution in [2.45, 2.75) is 9.79 Å². The number of hydrogen-bond donors (Lipinski definition) is 1. The predicted molar refractivity (Wildman–Crippen MR) is 70.5 cm³/mol. The van der Waals surface area contributed by atoms with Crippen LogP contribution >= 0.6 is 11.8 Å². The molecule has 0 aliphatic carbocycles. The second kappa shape index (κ2) is 5.75. The zero-order valence-electron chi connectivity index (χ0n) is 10.1. The van der Waals surface area contributed by atoms with E-state index in [0.29, 0.717) is 10.6 Å². The normalized spacial score (nSPS) is 10.2. The van der Waals surface area contributed by atoms with E-state index in [9.17, 15) is 9.18 Å². The highest BCUT2D eigenvalue weighted by Crippen LogP contribution is 2.36. The van der Waals surface area contributed by atoms with Gasteiger partial charge in [0.25, 0.3) is 0 Å². The van der Waals surface area contributed by atoms with E-state index in [4.69, 9.17) is 9.84 Å². The molecule has 2 aromatic carbocycles. The van der Waals surface area contributed by atoms with Gasteiger partial charge in [-0.25, -0.2) is 9.18 Å². The van der Waals surface area contributed by atoms with Crippen molar-refractivity contribution >= 4 is 17.7 Å². The van der Waals surface area contributed by atoms with Gasteiger partial charge >= 0.3 is 5.97 Å². The lowest BCUT2D eigenvalue weighted by molar-refractivity contribution is 0.0696. The summed E-state index contributed by atoms with van der Waals surface area (Å²) in [5, 5.41) is 8.78. The third-order valence-electron chi connectivity index (χ3n) is 2.47. The fourth-order valence-electron chi connectivity index (χ4n) is 1.54. The highest BCUT2D eigenvalue weighted by atomic mass is 32.2. The van der Waals surface area contributed by atoms with E-state index >= 15 is 0 Å². The largest absolute Gasteiger partial charge is 0.496 e. The van der Waals surface area contributed by atoms with Crippen LogP contribution in [0.5, 0.6) is 5.75 Å². The molecule has 0 aromatic heterocycles. The van der Waals surface area contributed by atoms with Crippen LogP contribution in [0.15, 0.2) is 52.3 Å². The van der Waals surface area contributed by atoms with Gasteiger partial charge in [0.2, 0.25) is 0 Å². The van der Waals surface area contributed by atoms with E-state index < -0.39 is 11.8 Å². The molecule has 2 aromatic rings. The van der Waals surface area contributed by atoms with E-state index in [1.54, 1.807) is 13.2 Å². The third kappa shape index (κ3) is 3.06. The summed E-state index contributed by atoms with van der Waals surface area (Å²) in [4.78, 5) is 11.9. The summed E-state index contributed by atoms with van der Waals surface area (Å²) in [7, 11) is 1.54. The summed E-state index contributed by atoms with van der Waals surface area (Å²) < 4.78 is 19.0. The first-order valence-electron chi connectivity index (χ1n) is 5.45. The quantitative estimate of drug-likeness (QED) is 0.926.